The standard InChI is InChI=1S/C23H23FN4O3S/c1-16(29)27-11-8-20(23-26-19(15-32-23)17-6-9-25-10-7-17)28(13-12-27)22(30)14-31-21-5-3-2-4-18(21)24/h2-7,9-10,15,20H,8,11-14H2,1H3. The number of ether oxygens (including phenoxy) is 1. The Morgan fingerprint density at radius 2 is 1.94 bits per heavy atom. The van der Waals surface area contributed by atoms with Crippen LogP contribution in [0, 0.1) is 5.82 Å². The van der Waals surface area contributed by atoms with Crippen LogP contribution in [-0.2, 0) is 9.59 Å². The second-order valence-electron chi connectivity index (χ2n) is 7.42. The van der Waals surface area contributed by atoms with Gasteiger partial charge in [0.25, 0.3) is 5.91 Å². The van der Waals surface area contributed by atoms with Crippen molar-refractivity contribution in [2.75, 3.05) is 26.2 Å². The summed E-state index contributed by atoms with van der Waals surface area (Å²) in [5, 5.41) is 2.75. The number of thiazole rings is 1. The second-order valence-corrected chi connectivity index (χ2v) is 8.31. The Bertz CT molecular complexity index is 1090. The van der Waals surface area contributed by atoms with Crippen molar-refractivity contribution in [3.8, 4) is 17.0 Å². The van der Waals surface area contributed by atoms with Crippen molar-refractivity contribution in [1.82, 2.24) is 19.8 Å². The molecule has 1 unspecified atom stereocenters. The summed E-state index contributed by atoms with van der Waals surface area (Å²) in [5.74, 6) is -0.786. The van der Waals surface area contributed by atoms with E-state index in [1.54, 1.807) is 34.3 Å². The fourth-order valence-electron chi connectivity index (χ4n) is 3.68. The van der Waals surface area contributed by atoms with Crippen LogP contribution in [0.2, 0.25) is 0 Å². The van der Waals surface area contributed by atoms with E-state index < -0.39 is 5.82 Å². The van der Waals surface area contributed by atoms with Gasteiger partial charge in [0.2, 0.25) is 5.91 Å². The first-order valence-electron chi connectivity index (χ1n) is 10.3. The highest BCUT2D eigenvalue weighted by Crippen LogP contribution is 2.32. The topological polar surface area (TPSA) is 75.6 Å². The van der Waals surface area contributed by atoms with Gasteiger partial charge in [-0.05, 0) is 30.7 Å². The molecular weight excluding hydrogens is 431 g/mol. The van der Waals surface area contributed by atoms with Crippen LogP contribution in [-0.4, -0.2) is 57.8 Å². The Balaban J connectivity index is 1.56. The first-order chi connectivity index (χ1) is 15.5. The van der Waals surface area contributed by atoms with Gasteiger partial charge in [-0.15, -0.1) is 11.3 Å². The molecule has 2 aromatic heterocycles. The Hall–Kier alpha value is -3.33. The van der Waals surface area contributed by atoms with Gasteiger partial charge < -0.3 is 14.5 Å². The Morgan fingerprint density at radius 3 is 2.69 bits per heavy atom. The normalized spacial score (nSPS) is 16.5. The van der Waals surface area contributed by atoms with Gasteiger partial charge in [-0.3, -0.25) is 14.6 Å². The van der Waals surface area contributed by atoms with Crippen LogP contribution in [0.3, 0.4) is 0 Å². The maximum atomic E-state index is 13.9. The minimum absolute atomic E-state index is 0.0303. The number of amides is 2. The molecule has 1 fully saturated rings. The van der Waals surface area contributed by atoms with Gasteiger partial charge in [-0.25, -0.2) is 9.37 Å². The molecule has 166 valence electrons. The first-order valence-corrected chi connectivity index (χ1v) is 11.2. The zero-order valence-corrected chi connectivity index (χ0v) is 18.4. The highest BCUT2D eigenvalue weighted by atomic mass is 32.1. The predicted octanol–water partition coefficient (Wildman–Crippen LogP) is 3.55. The van der Waals surface area contributed by atoms with Crippen LogP contribution in [0.15, 0.2) is 54.2 Å². The van der Waals surface area contributed by atoms with Crippen LogP contribution in [0.25, 0.3) is 11.3 Å². The van der Waals surface area contributed by atoms with E-state index in [1.807, 2.05) is 17.5 Å². The molecule has 7 nitrogen and oxygen atoms in total. The average molecular weight is 455 g/mol. The number of hydrogen-bond donors (Lipinski definition) is 0. The molecule has 0 bridgehead atoms. The summed E-state index contributed by atoms with van der Waals surface area (Å²) < 4.78 is 19.3. The number of carbonyl (C=O) groups excluding carboxylic acids is 2. The molecule has 0 saturated carbocycles. The summed E-state index contributed by atoms with van der Waals surface area (Å²) >= 11 is 1.48. The van der Waals surface area contributed by atoms with Crippen LogP contribution in [0.1, 0.15) is 24.4 Å². The molecule has 2 amide bonds. The lowest BCUT2D eigenvalue weighted by atomic mass is 10.1. The number of benzene rings is 1. The van der Waals surface area contributed by atoms with Crippen LogP contribution >= 0.6 is 11.3 Å². The van der Waals surface area contributed by atoms with E-state index in [0.29, 0.717) is 26.1 Å². The van der Waals surface area contributed by atoms with E-state index in [4.69, 9.17) is 9.72 Å². The maximum Gasteiger partial charge on any atom is 0.261 e. The molecule has 0 radical (unpaired) electrons. The second kappa shape index (κ2) is 9.86. The van der Waals surface area contributed by atoms with Gasteiger partial charge in [0, 0.05) is 49.9 Å². The number of halogens is 1. The lowest BCUT2D eigenvalue weighted by molar-refractivity contribution is -0.136. The molecule has 1 saturated heterocycles. The molecular formula is C23H23FN4O3S. The fourth-order valence-corrected chi connectivity index (χ4v) is 4.65. The average Bonchev–Trinajstić information content (AvgIpc) is 3.18. The van der Waals surface area contributed by atoms with Gasteiger partial charge in [0.1, 0.15) is 5.01 Å². The summed E-state index contributed by atoms with van der Waals surface area (Å²) in [6, 6.07) is 9.46. The third-order valence-electron chi connectivity index (χ3n) is 5.40. The lowest BCUT2D eigenvalue weighted by Crippen LogP contribution is -2.40. The van der Waals surface area contributed by atoms with Gasteiger partial charge in [0.05, 0.1) is 11.7 Å². The van der Waals surface area contributed by atoms with Gasteiger partial charge in [-0.1, -0.05) is 12.1 Å². The van der Waals surface area contributed by atoms with Crippen molar-refractivity contribution in [2.24, 2.45) is 0 Å². The fraction of sp³-hybridized carbons (Fsp3) is 0.304. The number of nitrogens with zero attached hydrogens (tertiary/aromatic N) is 4. The third-order valence-corrected chi connectivity index (χ3v) is 6.34. The quantitative estimate of drug-likeness (QED) is 0.589. The molecule has 3 aromatic rings. The number of hydrogen-bond acceptors (Lipinski definition) is 6. The highest BCUT2D eigenvalue weighted by molar-refractivity contribution is 7.10. The molecule has 1 aromatic carbocycles. The zero-order chi connectivity index (χ0) is 22.5. The van der Waals surface area contributed by atoms with Crippen molar-refractivity contribution in [1.29, 1.82) is 0 Å². The summed E-state index contributed by atoms with van der Waals surface area (Å²) in [7, 11) is 0. The molecule has 1 atom stereocenters. The monoisotopic (exact) mass is 454 g/mol. The molecule has 3 heterocycles. The van der Waals surface area contributed by atoms with Crippen LogP contribution in [0.4, 0.5) is 4.39 Å². The molecule has 9 heteroatoms. The minimum atomic E-state index is -0.516. The number of para-hydroxylation sites is 1. The largest absolute Gasteiger partial charge is 0.481 e. The Kier molecular flexibility index (Phi) is 6.75. The van der Waals surface area contributed by atoms with Crippen LogP contribution in [0.5, 0.6) is 5.75 Å². The van der Waals surface area contributed by atoms with Crippen molar-refractivity contribution in [3.63, 3.8) is 0 Å². The number of pyridine rings is 1. The van der Waals surface area contributed by atoms with Gasteiger partial charge >= 0.3 is 0 Å². The molecule has 1 aliphatic rings. The molecule has 0 N–H and O–H groups in total. The minimum Gasteiger partial charge on any atom is -0.481 e. The van der Waals surface area contributed by atoms with E-state index in [2.05, 4.69) is 4.98 Å². The Labute approximate surface area is 189 Å². The molecule has 32 heavy (non-hydrogen) atoms. The van der Waals surface area contributed by atoms with E-state index in [9.17, 15) is 14.0 Å². The van der Waals surface area contributed by atoms with Crippen LogP contribution < -0.4 is 4.74 Å². The predicted molar refractivity (Wildman–Crippen MR) is 119 cm³/mol. The summed E-state index contributed by atoms with van der Waals surface area (Å²) in [5.41, 5.74) is 1.76. The number of rotatable bonds is 5. The van der Waals surface area contributed by atoms with E-state index in [-0.39, 0.29) is 30.2 Å². The maximum absolute atomic E-state index is 13.9. The molecule has 1 aliphatic heterocycles. The van der Waals surface area contributed by atoms with E-state index in [0.717, 1.165) is 16.3 Å². The number of carbonyl (C=O) groups is 2. The van der Waals surface area contributed by atoms with Gasteiger partial charge in [0.15, 0.2) is 18.2 Å². The Morgan fingerprint density at radius 1 is 1.16 bits per heavy atom. The third kappa shape index (κ3) is 4.94. The SMILES string of the molecule is CC(=O)N1CCC(c2nc(-c3ccncc3)cs2)N(C(=O)COc2ccccc2F)CC1. The van der Waals surface area contributed by atoms with E-state index >= 15 is 0 Å². The molecule has 0 spiro atoms. The van der Waals surface area contributed by atoms with Crippen molar-refractivity contribution in [2.45, 2.75) is 19.4 Å². The summed E-state index contributed by atoms with van der Waals surface area (Å²) in [6.45, 7) is 2.55. The smallest absolute Gasteiger partial charge is 0.261 e. The van der Waals surface area contributed by atoms with Gasteiger partial charge in [-0.2, -0.15) is 0 Å². The van der Waals surface area contributed by atoms with Crippen molar-refractivity contribution in [3.05, 3.63) is 65.0 Å². The highest BCUT2D eigenvalue weighted by Gasteiger charge is 2.32. The summed E-state index contributed by atoms with van der Waals surface area (Å²) in [4.78, 5) is 37.3. The molecule has 4 rings (SSSR count). The lowest BCUT2D eigenvalue weighted by Gasteiger charge is -2.28. The zero-order valence-electron chi connectivity index (χ0n) is 17.6. The molecule has 0 aliphatic carbocycles. The van der Waals surface area contributed by atoms with Crippen molar-refractivity contribution < 1.29 is 18.7 Å². The van der Waals surface area contributed by atoms with Crippen molar-refractivity contribution >= 4 is 23.2 Å². The number of aromatic nitrogens is 2. The summed E-state index contributed by atoms with van der Waals surface area (Å²) in [6.07, 6.45) is 3.98. The van der Waals surface area contributed by atoms with E-state index in [1.165, 1.54) is 30.4 Å². The first kappa shape index (κ1) is 21.9.